The molecule has 0 saturated heterocycles. The Balaban J connectivity index is 2.14. The third-order valence-electron chi connectivity index (χ3n) is 2.55. The van der Waals surface area contributed by atoms with Crippen molar-refractivity contribution in [3.05, 3.63) is 23.8 Å². The van der Waals surface area contributed by atoms with Crippen molar-refractivity contribution in [3.63, 3.8) is 0 Å². The first-order chi connectivity index (χ1) is 6.84. The van der Waals surface area contributed by atoms with Crippen LogP contribution in [0.25, 0.3) is 0 Å². The largest absolute Gasteiger partial charge is 0.492 e. The van der Waals surface area contributed by atoms with Crippen LogP contribution in [0.15, 0.2) is 23.4 Å². The third-order valence-corrected chi connectivity index (χ3v) is 2.55. The van der Waals surface area contributed by atoms with E-state index in [9.17, 15) is 0 Å². The summed E-state index contributed by atoms with van der Waals surface area (Å²) in [5, 5.41) is 4.02. The number of anilines is 1. The molecule has 0 amide bonds. The number of fused-ring (bicyclic) bond motifs is 3. The lowest BCUT2D eigenvalue weighted by molar-refractivity contribution is 0.137. The molecule has 2 aliphatic heterocycles. The Hall–Kier alpha value is -1.71. The molecular formula is C10H10N2O2. The normalized spacial score (nSPS) is 22.9. The van der Waals surface area contributed by atoms with Crippen LogP contribution in [-0.4, -0.2) is 18.9 Å². The van der Waals surface area contributed by atoms with Gasteiger partial charge in [-0.3, -0.25) is 0 Å². The Kier molecular flexibility index (Phi) is 1.45. The zero-order chi connectivity index (χ0) is 9.54. The predicted octanol–water partition coefficient (Wildman–Crippen LogP) is 1.01. The predicted molar refractivity (Wildman–Crippen MR) is 52.3 cm³/mol. The minimum atomic E-state index is 0.283. The monoisotopic (exact) mass is 190 g/mol. The van der Waals surface area contributed by atoms with Gasteiger partial charge in [0.05, 0.1) is 5.92 Å². The van der Waals surface area contributed by atoms with E-state index in [2.05, 4.69) is 5.16 Å². The fourth-order valence-corrected chi connectivity index (χ4v) is 1.81. The number of ether oxygens (including phenoxy) is 1. The van der Waals surface area contributed by atoms with E-state index >= 15 is 0 Å². The van der Waals surface area contributed by atoms with Crippen molar-refractivity contribution < 1.29 is 9.57 Å². The highest BCUT2D eigenvalue weighted by molar-refractivity contribution is 6.06. The summed E-state index contributed by atoms with van der Waals surface area (Å²) < 4.78 is 5.58. The molecule has 0 aromatic heterocycles. The first-order valence-corrected chi connectivity index (χ1v) is 4.57. The molecule has 72 valence electrons. The van der Waals surface area contributed by atoms with Crippen LogP contribution in [0, 0.1) is 5.92 Å². The summed E-state index contributed by atoms with van der Waals surface area (Å²) in [6, 6.07) is 5.61. The number of nitrogens with two attached hydrogens (primary N) is 1. The Morgan fingerprint density at radius 1 is 1.36 bits per heavy atom. The maximum absolute atomic E-state index is 5.67. The standard InChI is InChI=1S/C10H10N2O2/c11-7-1-2-8-9(3-7)13-4-6-5-14-12-10(6)8/h1-3,6H,4-5,11H2. The second-order valence-corrected chi connectivity index (χ2v) is 3.54. The molecule has 2 N–H and O–H groups in total. The molecule has 2 heterocycles. The number of hydrogen-bond acceptors (Lipinski definition) is 4. The van der Waals surface area contributed by atoms with Crippen molar-refractivity contribution in [1.82, 2.24) is 0 Å². The second-order valence-electron chi connectivity index (χ2n) is 3.54. The van der Waals surface area contributed by atoms with Gasteiger partial charge in [-0.1, -0.05) is 5.16 Å². The lowest BCUT2D eigenvalue weighted by Crippen LogP contribution is -2.27. The van der Waals surface area contributed by atoms with Gasteiger partial charge in [-0.2, -0.15) is 0 Å². The summed E-state index contributed by atoms with van der Waals surface area (Å²) in [5.74, 6) is 1.09. The van der Waals surface area contributed by atoms with Crippen molar-refractivity contribution in [1.29, 1.82) is 0 Å². The van der Waals surface area contributed by atoms with Gasteiger partial charge in [-0.05, 0) is 12.1 Å². The van der Waals surface area contributed by atoms with E-state index in [0.29, 0.717) is 18.9 Å². The SMILES string of the molecule is Nc1ccc2c(c1)OCC1CON=C21. The summed E-state index contributed by atoms with van der Waals surface area (Å²) in [5.41, 5.74) is 8.38. The fourth-order valence-electron chi connectivity index (χ4n) is 1.81. The number of benzene rings is 1. The van der Waals surface area contributed by atoms with E-state index in [-0.39, 0.29) is 5.92 Å². The van der Waals surface area contributed by atoms with Crippen LogP contribution < -0.4 is 10.5 Å². The van der Waals surface area contributed by atoms with E-state index in [1.54, 1.807) is 0 Å². The van der Waals surface area contributed by atoms with Gasteiger partial charge in [-0.15, -0.1) is 0 Å². The summed E-state index contributed by atoms with van der Waals surface area (Å²) in [7, 11) is 0. The van der Waals surface area contributed by atoms with Crippen LogP contribution in [0.2, 0.25) is 0 Å². The van der Waals surface area contributed by atoms with Crippen LogP contribution in [0.1, 0.15) is 5.56 Å². The van der Waals surface area contributed by atoms with Crippen molar-refractivity contribution in [2.75, 3.05) is 18.9 Å². The van der Waals surface area contributed by atoms with Crippen molar-refractivity contribution in [3.8, 4) is 5.75 Å². The average Bonchev–Trinajstić information content (AvgIpc) is 2.65. The Morgan fingerprint density at radius 2 is 2.29 bits per heavy atom. The molecule has 2 aliphatic rings. The summed E-state index contributed by atoms with van der Waals surface area (Å²) in [6.45, 7) is 1.26. The number of nitrogens with zero attached hydrogens (tertiary/aromatic N) is 1. The molecule has 0 aliphatic carbocycles. The van der Waals surface area contributed by atoms with Crippen LogP contribution in [0.4, 0.5) is 5.69 Å². The molecule has 0 spiro atoms. The van der Waals surface area contributed by atoms with Gasteiger partial charge in [0, 0.05) is 17.3 Å². The molecule has 1 atom stereocenters. The zero-order valence-corrected chi connectivity index (χ0v) is 7.56. The second kappa shape index (κ2) is 2.64. The molecule has 0 radical (unpaired) electrons. The lowest BCUT2D eigenvalue weighted by Gasteiger charge is -2.21. The van der Waals surface area contributed by atoms with Crippen molar-refractivity contribution >= 4 is 11.4 Å². The van der Waals surface area contributed by atoms with E-state index in [0.717, 1.165) is 17.0 Å². The Morgan fingerprint density at radius 3 is 3.21 bits per heavy atom. The smallest absolute Gasteiger partial charge is 0.130 e. The Labute approximate surface area is 81.3 Å². The summed E-state index contributed by atoms with van der Waals surface area (Å²) >= 11 is 0. The molecule has 0 fully saturated rings. The highest BCUT2D eigenvalue weighted by atomic mass is 16.6. The third kappa shape index (κ3) is 0.968. The first-order valence-electron chi connectivity index (χ1n) is 4.57. The van der Waals surface area contributed by atoms with Crippen LogP contribution in [0.5, 0.6) is 5.75 Å². The number of oxime groups is 1. The molecule has 0 bridgehead atoms. The molecule has 4 heteroatoms. The van der Waals surface area contributed by atoms with Crippen LogP contribution >= 0.6 is 0 Å². The van der Waals surface area contributed by atoms with E-state index in [1.807, 2.05) is 18.2 Å². The highest BCUT2D eigenvalue weighted by Gasteiger charge is 2.31. The average molecular weight is 190 g/mol. The minimum Gasteiger partial charge on any atom is -0.492 e. The van der Waals surface area contributed by atoms with Gasteiger partial charge in [0.2, 0.25) is 0 Å². The first kappa shape index (κ1) is 7.67. The van der Waals surface area contributed by atoms with Crippen LogP contribution in [-0.2, 0) is 4.84 Å². The van der Waals surface area contributed by atoms with E-state index in [4.69, 9.17) is 15.3 Å². The van der Waals surface area contributed by atoms with Crippen molar-refractivity contribution in [2.45, 2.75) is 0 Å². The fraction of sp³-hybridized carbons (Fsp3) is 0.300. The zero-order valence-electron chi connectivity index (χ0n) is 7.56. The van der Waals surface area contributed by atoms with Crippen molar-refractivity contribution in [2.24, 2.45) is 11.1 Å². The van der Waals surface area contributed by atoms with Gasteiger partial charge >= 0.3 is 0 Å². The lowest BCUT2D eigenvalue weighted by atomic mass is 9.95. The molecule has 14 heavy (non-hydrogen) atoms. The molecule has 1 aromatic carbocycles. The van der Waals surface area contributed by atoms with Gasteiger partial charge < -0.3 is 15.3 Å². The molecule has 1 unspecified atom stereocenters. The van der Waals surface area contributed by atoms with Gasteiger partial charge in [0.15, 0.2) is 0 Å². The highest BCUT2D eigenvalue weighted by Crippen LogP contribution is 2.31. The van der Waals surface area contributed by atoms with E-state index < -0.39 is 0 Å². The number of nitrogen functional groups attached to an aromatic ring is 1. The van der Waals surface area contributed by atoms with Gasteiger partial charge in [-0.25, -0.2) is 0 Å². The Bertz CT molecular complexity index is 415. The maximum atomic E-state index is 5.67. The minimum absolute atomic E-state index is 0.283. The molecule has 4 nitrogen and oxygen atoms in total. The summed E-state index contributed by atoms with van der Waals surface area (Å²) in [4.78, 5) is 5.06. The molecule has 0 saturated carbocycles. The van der Waals surface area contributed by atoms with Gasteiger partial charge in [0.25, 0.3) is 0 Å². The summed E-state index contributed by atoms with van der Waals surface area (Å²) in [6.07, 6.45) is 0. The molecule has 1 aromatic rings. The molecule has 3 rings (SSSR count). The number of hydrogen-bond donors (Lipinski definition) is 1. The van der Waals surface area contributed by atoms with Gasteiger partial charge in [0.1, 0.15) is 24.7 Å². The maximum Gasteiger partial charge on any atom is 0.130 e. The molecular weight excluding hydrogens is 180 g/mol. The van der Waals surface area contributed by atoms with Crippen LogP contribution in [0.3, 0.4) is 0 Å². The number of rotatable bonds is 0. The topological polar surface area (TPSA) is 56.8 Å². The van der Waals surface area contributed by atoms with E-state index in [1.165, 1.54) is 0 Å². The quantitative estimate of drug-likeness (QED) is 0.621.